The molecule has 0 aromatic carbocycles. The quantitative estimate of drug-likeness (QED) is 0.734. The van der Waals surface area contributed by atoms with Gasteiger partial charge in [-0.2, -0.15) is 9.61 Å². The predicted molar refractivity (Wildman–Crippen MR) is 87.8 cm³/mol. The average molecular weight is 375 g/mol. The normalized spacial score (nSPS) is 18.8. The van der Waals surface area contributed by atoms with Crippen LogP contribution in [0, 0.1) is 0 Å². The van der Waals surface area contributed by atoms with Crippen LogP contribution in [0.1, 0.15) is 6.42 Å². The number of nitrogen functional groups attached to an aromatic ring is 1. The highest BCUT2D eigenvalue weighted by Gasteiger charge is 2.26. The Balaban J connectivity index is 1.90. The minimum atomic E-state index is 0.400. The van der Waals surface area contributed by atoms with Crippen molar-refractivity contribution in [2.45, 2.75) is 12.5 Å². The number of halogens is 2. The summed E-state index contributed by atoms with van der Waals surface area (Å²) in [6, 6.07) is 0.400. The van der Waals surface area contributed by atoms with Gasteiger partial charge in [0.05, 0.1) is 10.7 Å². The van der Waals surface area contributed by atoms with Gasteiger partial charge in [0, 0.05) is 32.2 Å². The van der Waals surface area contributed by atoms with Gasteiger partial charge in [0.15, 0.2) is 11.5 Å². The lowest BCUT2D eigenvalue weighted by Crippen LogP contribution is -2.36. The highest BCUT2D eigenvalue weighted by atomic mass is 79.9. The van der Waals surface area contributed by atoms with Crippen molar-refractivity contribution in [2.24, 2.45) is 5.73 Å². The zero-order chi connectivity index (χ0) is 15.0. The van der Waals surface area contributed by atoms with Gasteiger partial charge in [0.2, 0.25) is 0 Å². The van der Waals surface area contributed by atoms with Crippen LogP contribution >= 0.6 is 27.5 Å². The molecule has 2 aromatic heterocycles. The Morgan fingerprint density at radius 2 is 2.33 bits per heavy atom. The molecule has 114 valence electrons. The Labute approximate surface area is 135 Å². The number of anilines is 2. The van der Waals surface area contributed by atoms with E-state index < -0.39 is 0 Å². The third-order valence-electron chi connectivity index (χ3n) is 3.63. The molecule has 9 heteroatoms. The molecule has 0 spiro atoms. The van der Waals surface area contributed by atoms with Crippen LogP contribution in [0.15, 0.2) is 10.7 Å². The van der Waals surface area contributed by atoms with Crippen LogP contribution in [0.25, 0.3) is 5.65 Å². The maximum absolute atomic E-state index is 6.37. The van der Waals surface area contributed by atoms with Crippen LogP contribution in [0.2, 0.25) is 5.02 Å². The fourth-order valence-corrected chi connectivity index (χ4v) is 3.16. The van der Waals surface area contributed by atoms with Crippen molar-refractivity contribution in [3.05, 3.63) is 15.7 Å². The van der Waals surface area contributed by atoms with Gasteiger partial charge in [-0.1, -0.05) is 11.6 Å². The van der Waals surface area contributed by atoms with E-state index in [4.69, 9.17) is 23.1 Å². The molecule has 1 aliphatic rings. The SMILES string of the molecule is NCCN[C@H]1CCN(c2nc3c(Br)cnn3c(N)c2Cl)C1. The van der Waals surface area contributed by atoms with Crippen molar-refractivity contribution >= 4 is 44.8 Å². The fourth-order valence-electron chi connectivity index (χ4n) is 2.57. The fraction of sp³-hybridized carbons (Fsp3) is 0.500. The van der Waals surface area contributed by atoms with Gasteiger partial charge in [0.25, 0.3) is 0 Å². The third-order valence-corrected chi connectivity index (χ3v) is 4.55. The average Bonchev–Trinajstić information content (AvgIpc) is 3.08. The summed E-state index contributed by atoms with van der Waals surface area (Å²) in [5.41, 5.74) is 12.3. The number of rotatable bonds is 4. The molecule has 3 rings (SSSR count). The Bertz CT molecular complexity index is 659. The van der Waals surface area contributed by atoms with E-state index in [1.165, 1.54) is 4.52 Å². The van der Waals surface area contributed by atoms with E-state index in [-0.39, 0.29) is 0 Å². The standard InChI is InChI=1S/C12H17BrClN7/c13-8-5-18-21-10(16)9(14)12(19-11(8)21)20-4-1-7(6-20)17-3-2-15/h5,7,17H,1-4,6,15-16H2/t7-/m0/s1. The van der Waals surface area contributed by atoms with E-state index in [0.29, 0.717) is 34.9 Å². The summed E-state index contributed by atoms with van der Waals surface area (Å²) in [5.74, 6) is 1.11. The van der Waals surface area contributed by atoms with Crippen molar-refractivity contribution in [3.63, 3.8) is 0 Å². The molecule has 0 radical (unpaired) electrons. The second kappa shape index (κ2) is 5.96. The van der Waals surface area contributed by atoms with Crippen molar-refractivity contribution in [3.8, 4) is 0 Å². The second-order valence-electron chi connectivity index (χ2n) is 5.04. The number of nitrogens with one attached hydrogen (secondary N) is 1. The van der Waals surface area contributed by atoms with E-state index in [2.05, 4.69) is 36.2 Å². The lowest BCUT2D eigenvalue weighted by atomic mass is 10.2. The van der Waals surface area contributed by atoms with E-state index in [1.54, 1.807) is 6.20 Å². The summed E-state index contributed by atoms with van der Waals surface area (Å²) in [5, 5.41) is 8.01. The first-order chi connectivity index (χ1) is 10.1. The van der Waals surface area contributed by atoms with Crippen LogP contribution in [-0.2, 0) is 0 Å². The smallest absolute Gasteiger partial charge is 0.174 e. The van der Waals surface area contributed by atoms with E-state index in [9.17, 15) is 0 Å². The maximum atomic E-state index is 6.37. The Kier molecular flexibility index (Phi) is 4.21. The number of hydrogen-bond donors (Lipinski definition) is 3. The minimum absolute atomic E-state index is 0.400. The molecular weight excluding hydrogens is 358 g/mol. The second-order valence-corrected chi connectivity index (χ2v) is 6.27. The summed E-state index contributed by atoms with van der Waals surface area (Å²) in [6.07, 6.45) is 2.69. The summed E-state index contributed by atoms with van der Waals surface area (Å²) < 4.78 is 2.33. The highest BCUT2D eigenvalue weighted by Crippen LogP contribution is 2.33. The van der Waals surface area contributed by atoms with Gasteiger partial charge in [-0.15, -0.1) is 0 Å². The van der Waals surface area contributed by atoms with Crippen LogP contribution in [0.3, 0.4) is 0 Å². The Hall–Kier alpha value is -1.09. The van der Waals surface area contributed by atoms with Crippen molar-refractivity contribution < 1.29 is 0 Å². The molecule has 1 saturated heterocycles. The number of fused-ring (bicyclic) bond motifs is 1. The molecule has 21 heavy (non-hydrogen) atoms. The molecule has 0 amide bonds. The predicted octanol–water partition coefficient (Wildman–Crippen LogP) is 0.854. The molecule has 2 aromatic rings. The molecule has 0 unspecified atom stereocenters. The van der Waals surface area contributed by atoms with Crippen molar-refractivity contribution in [2.75, 3.05) is 36.8 Å². The summed E-state index contributed by atoms with van der Waals surface area (Å²) in [7, 11) is 0. The molecule has 1 fully saturated rings. The molecule has 3 heterocycles. The van der Waals surface area contributed by atoms with E-state index in [1.807, 2.05) is 0 Å². The summed E-state index contributed by atoms with van der Waals surface area (Å²) in [4.78, 5) is 6.75. The summed E-state index contributed by atoms with van der Waals surface area (Å²) in [6.45, 7) is 3.18. The first kappa shape index (κ1) is 14.8. The molecular formula is C12H17BrClN7. The monoisotopic (exact) mass is 373 g/mol. The van der Waals surface area contributed by atoms with Gasteiger partial charge >= 0.3 is 0 Å². The van der Waals surface area contributed by atoms with Gasteiger partial charge in [0.1, 0.15) is 10.8 Å². The first-order valence-corrected chi connectivity index (χ1v) is 7.95. The maximum Gasteiger partial charge on any atom is 0.174 e. The molecule has 0 aliphatic carbocycles. The lowest BCUT2D eigenvalue weighted by Gasteiger charge is -2.20. The molecule has 0 bridgehead atoms. The first-order valence-electron chi connectivity index (χ1n) is 6.78. The number of aromatic nitrogens is 3. The largest absolute Gasteiger partial charge is 0.382 e. The van der Waals surface area contributed by atoms with Crippen LogP contribution < -0.4 is 21.7 Å². The van der Waals surface area contributed by atoms with Crippen molar-refractivity contribution in [1.29, 1.82) is 0 Å². The molecule has 7 nitrogen and oxygen atoms in total. The van der Waals surface area contributed by atoms with Crippen LogP contribution in [0.5, 0.6) is 0 Å². The zero-order valence-corrected chi connectivity index (χ0v) is 13.7. The number of nitrogens with zero attached hydrogens (tertiary/aromatic N) is 4. The molecule has 5 N–H and O–H groups in total. The number of nitrogens with two attached hydrogens (primary N) is 2. The highest BCUT2D eigenvalue weighted by molar-refractivity contribution is 9.10. The van der Waals surface area contributed by atoms with Gasteiger partial charge in [-0.05, 0) is 22.4 Å². The van der Waals surface area contributed by atoms with Gasteiger partial charge in [-0.3, -0.25) is 0 Å². The minimum Gasteiger partial charge on any atom is -0.382 e. The Morgan fingerprint density at radius 3 is 3.10 bits per heavy atom. The zero-order valence-electron chi connectivity index (χ0n) is 11.4. The summed E-state index contributed by atoms with van der Waals surface area (Å²) >= 11 is 9.79. The molecule has 0 saturated carbocycles. The molecule has 1 aliphatic heterocycles. The van der Waals surface area contributed by atoms with E-state index >= 15 is 0 Å². The van der Waals surface area contributed by atoms with Crippen LogP contribution in [0.4, 0.5) is 11.6 Å². The van der Waals surface area contributed by atoms with E-state index in [0.717, 1.165) is 30.5 Å². The molecule has 1 atom stereocenters. The number of hydrogen-bond acceptors (Lipinski definition) is 6. The van der Waals surface area contributed by atoms with Crippen molar-refractivity contribution in [1.82, 2.24) is 19.9 Å². The Morgan fingerprint density at radius 1 is 1.52 bits per heavy atom. The third kappa shape index (κ3) is 2.68. The van der Waals surface area contributed by atoms with Gasteiger partial charge in [-0.25, -0.2) is 4.98 Å². The topological polar surface area (TPSA) is 97.5 Å². The van der Waals surface area contributed by atoms with Crippen LogP contribution in [-0.4, -0.2) is 46.8 Å². The lowest BCUT2D eigenvalue weighted by molar-refractivity contribution is 0.559. The van der Waals surface area contributed by atoms with Gasteiger partial charge < -0.3 is 21.7 Å².